The predicted molar refractivity (Wildman–Crippen MR) is 152 cm³/mol. The van der Waals surface area contributed by atoms with E-state index in [1.54, 1.807) is 18.2 Å². The molecule has 38 heavy (non-hydrogen) atoms. The van der Waals surface area contributed by atoms with Crippen LogP contribution in [-0.2, 0) is 11.2 Å². The standard InChI is InChI=1S/C32H36N2O4/c1-22(2)11-12-26-19-27(13-14-31(26)37-23(3)35)32(36)33-28-9-5-7-24(20-28)25-8-6-10-30(21-25)38-29-15-17-34(4)18-16-29/h5-11,13-14,19-21,29H,12,15-18H2,1-4H3,(H,33,36). The zero-order valence-corrected chi connectivity index (χ0v) is 22.6. The summed E-state index contributed by atoms with van der Waals surface area (Å²) in [5.74, 6) is 0.715. The van der Waals surface area contributed by atoms with Crippen LogP contribution in [0.15, 0.2) is 78.4 Å². The number of allylic oxidation sites excluding steroid dienone is 2. The Balaban J connectivity index is 1.49. The van der Waals surface area contributed by atoms with Crippen LogP contribution in [0, 0.1) is 0 Å². The molecule has 0 aromatic heterocycles. The molecule has 4 rings (SSSR count). The van der Waals surface area contributed by atoms with Crippen LogP contribution in [0.2, 0.25) is 0 Å². The Morgan fingerprint density at radius 1 is 0.947 bits per heavy atom. The lowest BCUT2D eigenvalue weighted by molar-refractivity contribution is -0.131. The summed E-state index contributed by atoms with van der Waals surface area (Å²) in [5, 5.41) is 3.01. The minimum atomic E-state index is -0.390. The van der Waals surface area contributed by atoms with Gasteiger partial charge in [0.05, 0.1) is 0 Å². The highest BCUT2D eigenvalue weighted by atomic mass is 16.5. The number of carbonyl (C=O) groups is 2. The molecule has 1 saturated heterocycles. The molecule has 1 fully saturated rings. The van der Waals surface area contributed by atoms with Crippen LogP contribution >= 0.6 is 0 Å². The van der Waals surface area contributed by atoms with Gasteiger partial charge in [-0.25, -0.2) is 0 Å². The van der Waals surface area contributed by atoms with Gasteiger partial charge in [0.1, 0.15) is 17.6 Å². The number of carbonyl (C=O) groups excluding carboxylic acids is 2. The third-order valence-electron chi connectivity index (χ3n) is 6.56. The van der Waals surface area contributed by atoms with Gasteiger partial charge in [-0.05, 0) is 99.3 Å². The molecular formula is C32H36N2O4. The summed E-state index contributed by atoms with van der Waals surface area (Å²) in [5.41, 5.74) is 5.14. The number of nitrogens with one attached hydrogen (secondary N) is 1. The second kappa shape index (κ2) is 12.6. The van der Waals surface area contributed by atoms with Gasteiger partial charge in [0.15, 0.2) is 0 Å². The summed E-state index contributed by atoms with van der Waals surface area (Å²) in [6.45, 7) is 7.48. The summed E-state index contributed by atoms with van der Waals surface area (Å²) < 4.78 is 11.6. The molecular weight excluding hydrogens is 476 g/mol. The van der Waals surface area contributed by atoms with Crippen LogP contribution in [0.1, 0.15) is 49.5 Å². The van der Waals surface area contributed by atoms with Gasteiger partial charge in [-0.2, -0.15) is 0 Å². The number of amides is 1. The number of anilines is 1. The number of hydrogen-bond donors (Lipinski definition) is 1. The van der Waals surface area contributed by atoms with Gasteiger partial charge >= 0.3 is 5.97 Å². The Labute approximate surface area is 225 Å². The van der Waals surface area contributed by atoms with Crippen molar-refractivity contribution in [3.05, 3.63) is 89.5 Å². The van der Waals surface area contributed by atoms with Gasteiger partial charge in [-0.15, -0.1) is 0 Å². The van der Waals surface area contributed by atoms with Crippen molar-refractivity contribution >= 4 is 17.6 Å². The second-order valence-corrected chi connectivity index (χ2v) is 10.1. The van der Waals surface area contributed by atoms with Crippen molar-refractivity contribution in [1.82, 2.24) is 4.90 Å². The lowest BCUT2D eigenvalue weighted by atomic mass is 10.0. The van der Waals surface area contributed by atoms with Gasteiger partial charge in [-0.1, -0.05) is 35.9 Å². The molecule has 1 aliphatic rings. The van der Waals surface area contributed by atoms with Crippen LogP contribution in [0.4, 0.5) is 5.69 Å². The molecule has 1 amide bonds. The van der Waals surface area contributed by atoms with Gasteiger partial charge in [0.25, 0.3) is 5.91 Å². The van der Waals surface area contributed by atoms with Gasteiger partial charge in [-0.3, -0.25) is 9.59 Å². The number of hydrogen-bond acceptors (Lipinski definition) is 5. The maximum Gasteiger partial charge on any atom is 0.308 e. The summed E-state index contributed by atoms with van der Waals surface area (Å²) in [6.07, 6.45) is 4.90. The minimum absolute atomic E-state index is 0.227. The molecule has 1 aliphatic heterocycles. The monoisotopic (exact) mass is 512 g/mol. The number of piperidine rings is 1. The molecule has 0 radical (unpaired) electrons. The lowest BCUT2D eigenvalue weighted by Crippen LogP contribution is -2.35. The Bertz CT molecular complexity index is 1320. The van der Waals surface area contributed by atoms with Crippen LogP contribution in [0.5, 0.6) is 11.5 Å². The van der Waals surface area contributed by atoms with Gasteiger partial charge in [0, 0.05) is 31.3 Å². The zero-order valence-electron chi connectivity index (χ0n) is 22.6. The highest BCUT2D eigenvalue weighted by molar-refractivity contribution is 6.04. The lowest BCUT2D eigenvalue weighted by Gasteiger charge is -2.29. The SMILES string of the molecule is CC(=O)Oc1ccc(C(=O)Nc2cccc(-c3cccc(OC4CCN(C)CC4)c3)c2)cc1CC=C(C)C. The fourth-order valence-corrected chi connectivity index (χ4v) is 4.47. The summed E-state index contributed by atoms with van der Waals surface area (Å²) in [7, 11) is 2.14. The smallest absolute Gasteiger partial charge is 0.308 e. The van der Waals surface area contributed by atoms with E-state index in [9.17, 15) is 9.59 Å². The third kappa shape index (κ3) is 7.56. The average molecular weight is 513 g/mol. The molecule has 1 N–H and O–H groups in total. The maximum absolute atomic E-state index is 13.1. The molecule has 0 aliphatic carbocycles. The van der Waals surface area contributed by atoms with Crippen molar-refractivity contribution in [2.45, 2.75) is 46.1 Å². The normalized spacial score (nSPS) is 14.0. The van der Waals surface area contributed by atoms with Crippen LogP contribution < -0.4 is 14.8 Å². The van der Waals surface area contributed by atoms with Gasteiger partial charge in [0.2, 0.25) is 0 Å². The van der Waals surface area contributed by atoms with Crippen molar-refractivity contribution in [3.8, 4) is 22.6 Å². The first-order valence-corrected chi connectivity index (χ1v) is 13.1. The number of esters is 1. The molecule has 0 unspecified atom stereocenters. The van der Waals surface area contributed by atoms with E-state index in [0.29, 0.717) is 23.4 Å². The van der Waals surface area contributed by atoms with Crippen molar-refractivity contribution in [2.75, 3.05) is 25.5 Å². The summed E-state index contributed by atoms with van der Waals surface area (Å²) in [4.78, 5) is 27.0. The van der Waals surface area contributed by atoms with E-state index in [4.69, 9.17) is 9.47 Å². The van der Waals surface area contributed by atoms with E-state index >= 15 is 0 Å². The molecule has 198 valence electrons. The highest BCUT2D eigenvalue weighted by Gasteiger charge is 2.18. The molecule has 0 bridgehead atoms. The zero-order chi connectivity index (χ0) is 27.1. The Morgan fingerprint density at radius 2 is 1.66 bits per heavy atom. The number of benzene rings is 3. The number of ether oxygens (including phenoxy) is 2. The Kier molecular flexibility index (Phi) is 8.98. The third-order valence-corrected chi connectivity index (χ3v) is 6.56. The fourth-order valence-electron chi connectivity index (χ4n) is 4.47. The topological polar surface area (TPSA) is 67.9 Å². The van der Waals surface area contributed by atoms with Crippen LogP contribution in [0.25, 0.3) is 11.1 Å². The summed E-state index contributed by atoms with van der Waals surface area (Å²) >= 11 is 0. The van der Waals surface area contributed by atoms with E-state index < -0.39 is 5.97 Å². The first kappa shape index (κ1) is 27.1. The molecule has 3 aromatic carbocycles. The Hall–Kier alpha value is -3.90. The highest BCUT2D eigenvalue weighted by Crippen LogP contribution is 2.28. The first-order valence-electron chi connectivity index (χ1n) is 13.1. The van der Waals surface area contributed by atoms with Crippen LogP contribution in [0.3, 0.4) is 0 Å². The molecule has 0 atom stereocenters. The fraction of sp³-hybridized carbons (Fsp3) is 0.312. The number of rotatable bonds is 8. The predicted octanol–water partition coefficient (Wildman–Crippen LogP) is 6.51. The number of nitrogens with zero attached hydrogens (tertiary/aromatic N) is 1. The minimum Gasteiger partial charge on any atom is -0.490 e. The first-order chi connectivity index (χ1) is 18.3. The van der Waals surface area contributed by atoms with Crippen molar-refractivity contribution in [3.63, 3.8) is 0 Å². The molecule has 0 saturated carbocycles. The maximum atomic E-state index is 13.1. The molecule has 3 aromatic rings. The quantitative estimate of drug-likeness (QED) is 0.212. The molecule has 1 heterocycles. The van der Waals surface area contributed by atoms with E-state index in [1.807, 2.05) is 62.4 Å². The largest absolute Gasteiger partial charge is 0.490 e. The van der Waals surface area contributed by atoms with E-state index in [-0.39, 0.29) is 12.0 Å². The van der Waals surface area contributed by atoms with E-state index in [0.717, 1.165) is 53.9 Å². The van der Waals surface area contributed by atoms with Crippen molar-refractivity contribution in [1.29, 1.82) is 0 Å². The van der Waals surface area contributed by atoms with Crippen molar-refractivity contribution in [2.24, 2.45) is 0 Å². The van der Waals surface area contributed by atoms with Crippen molar-refractivity contribution < 1.29 is 19.1 Å². The Morgan fingerprint density at radius 3 is 2.37 bits per heavy atom. The van der Waals surface area contributed by atoms with Crippen LogP contribution in [-0.4, -0.2) is 43.0 Å². The van der Waals surface area contributed by atoms with E-state index in [1.165, 1.54) is 6.92 Å². The second-order valence-electron chi connectivity index (χ2n) is 10.1. The van der Waals surface area contributed by atoms with Gasteiger partial charge < -0.3 is 19.7 Å². The molecule has 6 heteroatoms. The average Bonchev–Trinajstić information content (AvgIpc) is 2.89. The number of likely N-dealkylation sites (tertiary alicyclic amines) is 1. The van der Waals surface area contributed by atoms with E-state index in [2.05, 4.69) is 23.3 Å². The molecule has 6 nitrogen and oxygen atoms in total. The summed E-state index contributed by atoms with van der Waals surface area (Å²) in [6, 6.07) is 21.0. The molecule has 0 spiro atoms.